The lowest BCUT2D eigenvalue weighted by Gasteiger charge is -2.26. The minimum Gasteiger partial charge on any atom is -0.506 e. The number of hydrogen-bond donors (Lipinski definition) is 1. The van der Waals surface area contributed by atoms with Gasteiger partial charge in [-0.25, -0.2) is 4.99 Å². The topological polar surface area (TPSA) is 35.8 Å². The van der Waals surface area contributed by atoms with Crippen LogP contribution in [0.2, 0.25) is 0 Å². The van der Waals surface area contributed by atoms with Crippen LogP contribution in [0.25, 0.3) is 10.8 Å². The summed E-state index contributed by atoms with van der Waals surface area (Å²) in [5, 5.41) is 12.3. The van der Waals surface area contributed by atoms with Crippen LogP contribution < -0.4 is 4.90 Å². The highest BCUT2D eigenvalue weighted by Crippen LogP contribution is 2.42. The summed E-state index contributed by atoms with van der Waals surface area (Å²) in [6.07, 6.45) is 1.76. The van der Waals surface area contributed by atoms with E-state index in [2.05, 4.69) is 17.1 Å². The van der Waals surface area contributed by atoms with Gasteiger partial charge in [0.15, 0.2) is 0 Å². The van der Waals surface area contributed by atoms with Gasteiger partial charge in [0.2, 0.25) is 0 Å². The summed E-state index contributed by atoms with van der Waals surface area (Å²) in [6, 6.07) is 19.5. The van der Waals surface area contributed by atoms with E-state index >= 15 is 0 Å². The van der Waals surface area contributed by atoms with Gasteiger partial charge in [-0.3, -0.25) is 4.90 Å². The first-order chi connectivity index (χ1) is 9.84. The summed E-state index contributed by atoms with van der Waals surface area (Å²) < 4.78 is 0. The molecule has 0 aliphatic carbocycles. The Bertz CT molecular complexity index is 834. The fourth-order valence-electron chi connectivity index (χ4n) is 2.65. The Morgan fingerprint density at radius 1 is 0.800 bits per heavy atom. The fourth-order valence-corrected chi connectivity index (χ4v) is 2.65. The molecule has 0 unspecified atom stereocenters. The van der Waals surface area contributed by atoms with E-state index in [-0.39, 0.29) is 5.75 Å². The average Bonchev–Trinajstić information content (AvgIpc) is 2.49. The van der Waals surface area contributed by atoms with Crippen molar-refractivity contribution in [3.63, 3.8) is 0 Å². The van der Waals surface area contributed by atoms with Gasteiger partial charge in [0.25, 0.3) is 0 Å². The lowest BCUT2D eigenvalue weighted by molar-refractivity contribution is 0.477. The van der Waals surface area contributed by atoms with Crippen molar-refractivity contribution in [2.45, 2.75) is 0 Å². The minimum absolute atomic E-state index is 0.246. The quantitative estimate of drug-likeness (QED) is 0.705. The normalized spacial score (nSPS) is 12.9. The van der Waals surface area contributed by atoms with E-state index in [1.165, 1.54) is 0 Å². The molecule has 0 amide bonds. The monoisotopic (exact) mass is 260 g/mol. The second-order valence-corrected chi connectivity index (χ2v) is 4.76. The lowest BCUT2D eigenvalue weighted by atomic mass is 10.0. The largest absolute Gasteiger partial charge is 0.506 e. The highest BCUT2D eigenvalue weighted by molar-refractivity contribution is 6.12. The van der Waals surface area contributed by atoms with Crippen LogP contribution in [-0.4, -0.2) is 11.4 Å². The average molecular weight is 260 g/mol. The molecule has 3 aromatic carbocycles. The maximum Gasteiger partial charge on any atom is 0.139 e. The van der Waals surface area contributed by atoms with Crippen molar-refractivity contribution in [1.82, 2.24) is 0 Å². The fraction of sp³-hybridized carbons (Fsp3) is 0. The first kappa shape index (κ1) is 11.1. The predicted molar refractivity (Wildman–Crippen MR) is 82.3 cm³/mol. The molecule has 1 aliphatic rings. The number of nitrogens with zero attached hydrogens (tertiary/aromatic N) is 2. The molecule has 0 fully saturated rings. The molecule has 0 saturated heterocycles. The van der Waals surface area contributed by atoms with Gasteiger partial charge in [0.05, 0.1) is 17.1 Å². The van der Waals surface area contributed by atoms with Crippen molar-refractivity contribution in [2.75, 3.05) is 4.90 Å². The van der Waals surface area contributed by atoms with Crippen LogP contribution in [0, 0.1) is 0 Å². The number of aromatic hydroxyl groups is 1. The maximum absolute atomic E-state index is 10.1. The number of benzene rings is 3. The highest BCUT2D eigenvalue weighted by atomic mass is 16.3. The van der Waals surface area contributed by atoms with E-state index in [9.17, 15) is 5.11 Å². The minimum atomic E-state index is 0.246. The van der Waals surface area contributed by atoms with Crippen molar-refractivity contribution in [3.8, 4) is 5.75 Å². The van der Waals surface area contributed by atoms with Crippen LogP contribution >= 0.6 is 0 Å². The van der Waals surface area contributed by atoms with Crippen LogP contribution in [-0.2, 0) is 0 Å². The Morgan fingerprint density at radius 3 is 2.40 bits per heavy atom. The molecule has 4 rings (SSSR count). The van der Waals surface area contributed by atoms with Gasteiger partial charge < -0.3 is 5.11 Å². The molecule has 20 heavy (non-hydrogen) atoms. The standard InChI is InChI=1S/C17H12N2O/c20-16-10-2-1-8-14(16)19-11-18-13-7-3-5-12-6-4-9-15(19)17(12)13/h1-11,20H. The first-order valence-corrected chi connectivity index (χ1v) is 6.48. The van der Waals surface area contributed by atoms with Crippen molar-refractivity contribution >= 4 is 34.2 Å². The third kappa shape index (κ3) is 1.50. The summed E-state index contributed by atoms with van der Waals surface area (Å²) in [5.74, 6) is 0.246. The number of anilines is 2. The SMILES string of the molecule is Oc1ccccc1N1C=Nc2cccc3cccc1c23. The molecule has 3 aromatic rings. The van der Waals surface area contributed by atoms with Gasteiger partial charge >= 0.3 is 0 Å². The van der Waals surface area contributed by atoms with Crippen LogP contribution in [0.15, 0.2) is 65.7 Å². The van der Waals surface area contributed by atoms with Crippen LogP contribution in [0.4, 0.5) is 17.1 Å². The number of hydrogen-bond acceptors (Lipinski definition) is 3. The van der Waals surface area contributed by atoms with Crippen molar-refractivity contribution in [1.29, 1.82) is 0 Å². The molecule has 0 radical (unpaired) electrons. The van der Waals surface area contributed by atoms with Crippen molar-refractivity contribution in [3.05, 3.63) is 60.7 Å². The first-order valence-electron chi connectivity index (χ1n) is 6.48. The summed E-state index contributed by atoms with van der Waals surface area (Å²) in [4.78, 5) is 6.42. The molecule has 1 heterocycles. The molecule has 1 aliphatic heterocycles. The third-order valence-corrected chi connectivity index (χ3v) is 3.57. The van der Waals surface area contributed by atoms with E-state index in [0.717, 1.165) is 27.8 Å². The van der Waals surface area contributed by atoms with Crippen LogP contribution in [0.5, 0.6) is 5.75 Å². The summed E-state index contributed by atoms with van der Waals surface area (Å²) >= 11 is 0. The Morgan fingerprint density at radius 2 is 1.55 bits per heavy atom. The second-order valence-electron chi connectivity index (χ2n) is 4.76. The van der Waals surface area contributed by atoms with Crippen molar-refractivity contribution in [2.24, 2.45) is 4.99 Å². The van der Waals surface area contributed by atoms with Gasteiger partial charge in [0.1, 0.15) is 12.1 Å². The number of phenols is 1. The number of rotatable bonds is 1. The van der Waals surface area contributed by atoms with Crippen LogP contribution in [0.1, 0.15) is 0 Å². The predicted octanol–water partition coefficient (Wildman–Crippen LogP) is 4.36. The molecular weight excluding hydrogens is 248 g/mol. The van der Waals surface area contributed by atoms with E-state index in [4.69, 9.17) is 0 Å². The van der Waals surface area contributed by atoms with Crippen LogP contribution in [0.3, 0.4) is 0 Å². The molecule has 1 N–H and O–H groups in total. The molecule has 0 aromatic heterocycles. The Kier molecular flexibility index (Phi) is 2.27. The Hall–Kier alpha value is -2.81. The maximum atomic E-state index is 10.1. The highest BCUT2D eigenvalue weighted by Gasteiger charge is 2.18. The van der Waals surface area contributed by atoms with Crippen molar-refractivity contribution < 1.29 is 5.11 Å². The van der Waals surface area contributed by atoms with E-state index in [1.54, 1.807) is 12.4 Å². The van der Waals surface area contributed by atoms with Gasteiger partial charge in [-0.2, -0.15) is 0 Å². The van der Waals surface area contributed by atoms with Gasteiger partial charge in [0, 0.05) is 5.39 Å². The molecule has 0 atom stereocenters. The zero-order valence-electron chi connectivity index (χ0n) is 10.7. The second kappa shape index (κ2) is 4.10. The summed E-state index contributed by atoms with van der Waals surface area (Å²) in [5.41, 5.74) is 2.73. The molecule has 0 bridgehead atoms. The smallest absolute Gasteiger partial charge is 0.139 e. The number of aliphatic imine (C=N–C) groups is 1. The molecular formula is C17H12N2O. The van der Waals surface area contributed by atoms with E-state index < -0.39 is 0 Å². The van der Waals surface area contributed by atoms with E-state index in [0.29, 0.717) is 0 Å². The molecule has 96 valence electrons. The molecule has 3 heteroatoms. The number of phenolic OH excluding ortho intramolecular Hbond substituents is 1. The molecule has 3 nitrogen and oxygen atoms in total. The van der Waals surface area contributed by atoms with E-state index in [1.807, 2.05) is 47.4 Å². The Balaban J connectivity index is 2.01. The molecule has 0 spiro atoms. The third-order valence-electron chi connectivity index (χ3n) is 3.57. The van der Waals surface area contributed by atoms with Gasteiger partial charge in [-0.15, -0.1) is 0 Å². The van der Waals surface area contributed by atoms with Gasteiger partial charge in [-0.05, 0) is 29.7 Å². The summed E-state index contributed by atoms with van der Waals surface area (Å²) in [6.45, 7) is 0. The number of para-hydroxylation sites is 2. The molecule has 0 saturated carbocycles. The lowest BCUT2D eigenvalue weighted by Crippen LogP contribution is -2.16. The Labute approximate surface area is 116 Å². The zero-order valence-corrected chi connectivity index (χ0v) is 10.7. The summed E-state index contributed by atoms with van der Waals surface area (Å²) in [7, 11) is 0. The van der Waals surface area contributed by atoms with Gasteiger partial charge in [-0.1, -0.05) is 36.4 Å². The zero-order chi connectivity index (χ0) is 13.5.